The van der Waals surface area contributed by atoms with Crippen LogP contribution in [-0.2, 0) is 8.85 Å². The minimum absolute atomic E-state index is 0.980. The van der Waals surface area contributed by atoms with Crippen molar-refractivity contribution >= 4 is 8.56 Å². The van der Waals surface area contributed by atoms with Crippen LogP contribution in [0.25, 0.3) is 0 Å². The van der Waals surface area contributed by atoms with E-state index < -0.39 is 8.56 Å². The maximum atomic E-state index is 5.48. The second kappa shape index (κ2) is 5.23. The van der Waals surface area contributed by atoms with Crippen LogP contribution < -0.4 is 0 Å². The summed E-state index contributed by atoms with van der Waals surface area (Å²) >= 11 is 0. The molecule has 1 fully saturated rings. The molecular formula is C9H22N2O2Si. The third kappa shape index (κ3) is 3.32. The van der Waals surface area contributed by atoms with Crippen LogP contribution in [0, 0.1) is 0 Å². The van der Waals surface area contributed by atoms with E-state index in [0.717, 1.165) is 32.3 Å². The van der Waals surface area contributed by atoms with Crippen molar-refractivity contribution in [2.75, 3.05) is 53.6 Å². The number of piperazine rings is 1. The average Bonchev–Trinajstić information content (AvgIpc) is 2.21. The third-order valence-corrected chi connectivity index (χ3v) is 5.72. The van der Waals surface area contributed by atoms with Gasteiger partial charge in [0.2, 0.25) is 0 Å². The summed E-state index contributed by atoms with van der Waals surface area (Å²) in [6, 6.07) is 0. The van der Waals surface area contributed by atoms with Crippen LogP contribution in [0.15, 0.2) is 0 Å². The fourth-order valence-corrected chi connectivity index (χ4v) is 3.18. The van der Waals surface area contributed by atoms with Crippen molar-refractivity contribution in [3.63, 3.8) is 0 Å². The number of rotatable bonds is 4. The average molecular weight is 218 g/mol. The van der Waals surface area contributed by atoms with Gasteiger partial charge in [-0.2, -0.15) is 0 Å². The molecule has 0 aromatic rings. The molecule has 1 aliphatic heterocycles. The maximum Gasteiger partial charge on any atom is 0.348 e. The Morgan fingerprint density at radius 1 is 1.07 bits per heavy atom. The molecular weight excluding hydrogens is 196 g/mol. The Hall–Kier alpha value is 0.0569. The number of hydrogen-bond donors (Lipinski definition) is 0. The standard InChI is InChI=1S/C9H22N2O2Si/c1-10-5-7-11(8-6-10)9-14(4,12-2)13-3/h5-9H2,1-4H3. The first kappa shape index (κ1) is 12.1. The van der Waals surface area contributed by atoms with Crippen molar-refractivity contribution in [2.24, 2.45) is 0 Å². The minimum Gasteiger partial charge on any atom is -0.397 e. The highest BCUT2D eigenvalue weighted by atomic mass is 28.4. The predicted molar refractivity (Wildman–Crippen MR) is 59.6 cm³/mol. The highest BCUT2D eigenvalue weighted by molar-refractivity contribution is 6.66. The molecule has 0 N–H and O–H groups in total. The maximum absolute atomic E-state index is 5.48. The first-order valence-electron chi connectivity index (χ1n) is 5.11. The van der Waals surface area contributed by atoms with Crippen molar-refractivity contribution in [2.45, 2.75) is 6.55 Å². The van der Waals surface area contributed by atoms with Crippen molar-refractivity contribution in [1.29, 1.82) is 0 Å². The van der Waals surface area contributed by atoms with E-state index in [0.29, 0.717) is 0 Å². The van der Waals surface area contributed by atoms with Gasteiger partial charge in [-0.3, -0.25) is 4.90 Å². The molecule has 4 nitrogen and oxygen atoms in total. The molecule has 0 aromatic carbocycles. The lowest BCUT2D eigenvalue weighted by molar-refractivity contribution is 0.147. The van der Waals surface area contributed by atoms with E-state index in [2.05, 4.69) is 23.4 Å². The van der Waals surface area contributed by atoms with Gasteiger partial charge in [-0.25, -0.2) is 0 Å². The van der Waals surface area contributed by atoms with Gasteiger partial charge in [0.05, 0.1) is 0 Å². The van der Waals surface area contributed by atoms with Crippen LogP contribution in [0.1, 0.15) is 0 Å². The molecule has 14 heavy (non-hydrogen) atoms. The Balaban J connectivity index is 2.36. The van der Waals surface area contributed by atoms with Crippen LogP contribution in [0.5, 0.6) is 0 Å². The van der Waals surface area contributed by atoms with Crippen LogP contribution in [0.4, 0.5) is 0 Å². The Morgan fingerprint density at radius 3 is 2.00 bits per heavy atom. The summed E-state index contributed by atoms with van der Waals surface area (Å²) in [6.07, 6.45) is 0.980. The Labute approximate surface area is 88.0 Å². The van der Waals surface area contributed by atoms with Crippen LogP contribution in [0.2, 0.25) is 6.55 Å². The number of hydrogen-bond acceptors (Lipinski definition) is 4. The molecule has 0 saturated carbocycles. The lowest BCUT2D eigenvalue weighted by Gasteiger charge is -2.36. The smallest absolute Gasteiger partial charge is 0.348 e. The molecule has 0 aromatic heterocycles. The summed E-state index contributed by atoms with van der Waals surface area (Å²) in [7, 11) is 3.78. The van der Waals surface area contributed by atoms with Crippen molar-refractivity contribution < 1.29 is 8.85 Å². The van der Waals surface area contributed by atoms with E-state index in [1.807, 2.05) is 0 Å². The molecule has 0 radical (unpaired) electrons. The fraction of sp³-hybridized carbons (Fsp3) is 1.00. The summed E-state index contributed by atoms with van der Waals surface area (Å²) < 4.78 is 11.0. The van der Waals surface area contributed by atoms with Crippen molar-refractivity contribution in [3.8, 4) is 0 Å². The predicted octanol–water partition coefficient (Wildman–Crippen LogP) is 0.138. The van der Waals surface area contributed by atoms with E-state index in [1.54, 1.807) is 14.2 Å². The van der Waals surface area contributed by atoms with Gasteiger partial charge in [-0.05, 0) is 13.6 Å². The van der Waals surface area contributed by atoms with Crippen molar-refractivity contribution in [3.05, 3.63) is 0 Å². The normalized spacial score (nSPS) is 21.4. The molecule has 84 valence electrons. The number of nitrogens with zero attached hydrogens (tertiary/aromatic N) is 2. The molecule has 0 spiro atoms. The second-order valence-corrected chi connectivity index (χ2v) is 7.52. The summed E-state index contributed by atoms with van der Waals surface area (Å²) in [5, 5.41) is 0. The molecule has 0 unspecified atom stereocenters. The number of likely N-dealkylation sites (N-methyl/N-ethyl adjacent to an activating group) is 1. The first-order chi connectivity index (χ1) is 6.59. The van der Waals surface area contributed by atoms with Crippen molar-refractivity contribution in [1.82, 2.24) is 9.80 Å². The molecule has 0 amide bonds. The molecule has 0 atom stereocenters. The third-order valence-electron chi connectivity index (χ3n) is 2.97. The zero-order valence-corrected chi connectivity index (χ0v) is 10.7. The Kier molecular flexibility index (Phi) is 4.53. The summed E-state index contributed by atoms with van der Waals surface area (Å²) in [5.74, 6) is 0. The monoisotopic (exact) mass is 218 g/mol. The van der Waals surface area contributed by atoms with Crippen LogP contribution in [0.3, 0.4) is 0 Å². The largest absolute Gasteiger partial charge is 0.397 e. The van der Waals surface area contributed by atoms with Gasteiger partial charge in [-0.1, -0.05) is 0 Å². The van der Waals surface area contributed by atoms with Crippen LogP contribution >= 0.6 is 0 Å². The fourth-order valence-electron chi connectivity index (χ4n) is 1.62. The van der Waals surface area contributed by atoms with E-state index in [9.17, 15) is 0 Å². The second-order valence-electron chi connectivity index (χ2n) is 4.12. The van der Waals surface area contributed by atoms with E-state index >= 15 is 0 Å². The van der Waals surface area contributed by atoms with E-state index in [-0.39, 0.29) is 0 Å². The zero-order valence-electron chi connectivity index (χ0n) is 9.75. The Morgan fingerprint density at radius 2 is 1.57 bits per heavy atom. The SMILES string of the molecule is CO[Si](C)(CN1CCN(C)CC1)OC. The first-order valence-corrected chi connectivity index (χ1v) is 7.63. The lowest BCUT2D eigenvalue weighted by atomic mass is 10.4. The molecule has 1 aliphatic rings. The van der Waals surface area contributed by atoms with Gasteiger partial charge in [0, 0.05) is 46.6 Å². The highest BCUT2D eigenvalue weighted by Crippen LogP contribution is 2.09. The molecule has 1 saturated heterocycles. The van der Waals surface area contributed by atoms with Gasteiger partial charge in [0.25, 0.3) is 0 Å². The molecule has 1 heterocycles. The summed E-state index contributed by atoms with van der Waals surface area (Å²) in [4.78, 5) is 4.80. The lowest BCUT2D eigenvalue weighted by Crippen LogP contribution is -2.54. The van der Waals surface area contributed by atoms with Gasteiger partial charge in [0.1, 0.15) is 0 Å². The van der Waals surface area contributed by atoms with Crippen LogP contribution in [-0.4, -0.2) is 72.0 Å². The molecule has 5 heteroatoms. The van der Waals surface area contributed by atoms with Gasteiger partial charge in [0.15, 0.2) is 0 Å². The van der Waals surface area contributed by atoms with Gasteiger partial charge in [-0.15, -0.1) is 0 Å². The molecule has 1 rings (SSSR count). The zero-order chi connectivity index (χ0) is 10.6. The molecule has 0 aliphatic carbocycles. The quantitative estimate of drug-likeness (QED) is 0.627. The van der Waals surface area contributed by atoms with E-state index in [1.165, 1.54) is 0 Å². The van der Waals surface area contributed by atoms with Gasteiger partial charge >= 0.3 is 8.56 Å². The topological polar surface area (TPSA) is 24.9 Å². The highest BCUT2D eigenvalue weighted by Gasteiger charge is 2.32. The summed E-state index contributed by atoms with van der Waals surface area (Å²) in [5.41, 5.74) is 0. The minimum atomic E-state index is -1.90. The van der Waals surface area contributed by atoms with Gasteiger partial charge < -0.3 is 13.8 Å². The Bertz CT molecular complexity index is 168. The summed E-state index contributed by atoms with van der Waals surface area (Å²) in [6.45, 7) is 6.68. The molecule has 0 bridgehead atoms. The van der Waals surface area contributed by atoms with E-state index in [4.69, 9.17) is 8.85 Å².